The van der Waals surface area contributed by atoms with Crippen LogP contribution in [0.4, 0.5) is 32.2 Å². The first kappa shape index (κ1) is 26.9. The standard InChI is InChI=1S/C24H20F6N6O2/c1-13-16(21(37)32-8-7-22(38,24(28,29)30)15-5-3-2-4-6-15)9-14(11-33-13)18-10-17(23(25,26)27)19-20(31)34-12-35-36(18)19/h2-6,9-12,38H,7-8H2,1H3,(H,32,37)(H2,31,34,35). The predicted octanol–water partition coefficient (Wildman–Crippen LogP) is 4.27. The number of anilines is 1. The van der Waals surface area contributed by atoms with E-state index in [-0.39, 0.29) is 28.1 Å². The molecule has 1 aromatic carbocycles. The lowest BCUT2D eigenvalue weighted by Gasteiger charge is -2.31. The molecule has 0 spiro atoms. The van der Waals surface area contributed by atoms with Crippen LogP contribution >= 0.6 is 0 Å². The van der Waals surface area contributed by atoms with Gasteiger partial charge in [-0.3, -0.25) is 9.78 Å². The van der Waals surface area contributed by atoms with E-state index in [1.807, 2.05) is 0 Å². The smallest absolute Gasteiger partial charge is 0.382 e. The number of aromatic nitrogens is 4. The van der Waals surface area contributed by atoms with Crippen LogP contribution in [0.5, 0.6) is 0 Å². The van der Waals surface area contributed by atoms with Gasteiger partial charge in [0.2, 0.25) is 0 Å². The van der Waals surface area contributed by atoms with Gasteiger partial charge in [0, 0.05) is 24.7 Å². The maximum Gasteiger partial charge on any atom is 0.421 e. The monoisotopic (exact) mass is 538 g/mol. The van der Waals surface area contributed by atoms with Gasteiger partial charge in [-0.15, -0.1) is 0 Å². The molecular weight excluding hydrogens is 518 g/mol. The van der Waals surface area contributed by atoms with Crippen LogP contribution in [0, 0.1) is 6.92 Å². The Kier molecular flexibility index (Phi) is 6.78. The summed E-state index contributed by atoms with van der Waals surface area (Å²) in [5.74, 6) is -1.24. The van der Waals surface area contributed by atoms with Crippen molar-refractivity contribution in [3.63, 3.8) is 0 Å². The van der Waals surface area contributed by atoms with Crippen LogP contribution in [-0.4, -0.2) is 43.3 Å². The summed E-state index contributed by atoms with van der Waals surface area (Å²) >= 11 is 0. The number of hydrogen-bond acceptors (Lipinski definition) is 6. The summed E-state index contributed by atoms with van der Waals surface area (Å²) in [6.45, 7) is 0.885. The van der Waals surface area contributed by atoms with Crippen molar-refractivity contribution in [1.29, 1.82) is 0 Å². The summed E-state index contributed by atoms with van der Waals surface area (Å²) in [6, 6.07) is 8.47. The molecule has 0 aliphatic heterocycles. The number of nitrogen functional groups attached to an aromatic ring is 1. The SMILES string of the molecule is Cc1ncc(-c2cc(C(F)(F)F)c3c(N)ncnn23)cc1C(=O)NCCC(O)(c1ccccc1)C(F)(F)F. The van der Waals surface area contributed by atoms with Gasteiger partial charge in [0.1, 0.15) is 11.8 Å². The number of benzene rings is 1. The molecule has 4 aromatic rings. The van der Waals surface area contributed by atoms with E-state index in [0.717, 1.165) is 29.0 Å². The van der Waals surface area contributed by atoms with Gasteiger partial charge in [0.25, 0.3) is 5.91 Å². The molecule has 38 heavy (non-hydrogen) atoms. The number of amides is 1. The van der Waals surface area contributed by atoms with E-state index in [1.165, 1.54) is 37.4 Å². The van der Waals surface area contributed by atoms with Crippen molar-refractivity contribution in [2.45, 2.75) is 31.3 Å². The Labute approximate surface area is 211 Å². The summed E-state index contributed by atoms with van der Waals surface area (Å²) in [6.07, 6.45) is -8.49. The van der Waals surface area contributed by atoms with Crippen molar-refractivity contribution >= 4 is 17.2 Å². The molecule has 4 N–H and O–H groups in total. The van der Waals surface area contributed by atoms with Gasteiger partial charge in [-0.05, 0) is 24.6 Å². The number of carbonyl (C=O) groups excluding carboxylic acids is 1. The van der Waals surface area contributed by atoms with Gasteiger partial charge in [-0.25, -0.2) is 9.50 Å². The number of nitrogens with two attached hydrogens (primary N) is 1. The highest BCUT2D eigenvalue weighted by atomic mass is 19.4. The van der Waals surface area contributed by atoms with Gasteiger partial charge in [-0.2, -0.15) is 31.4 Å². The van der Waals surface area contributed by atoms with E-state index in [0.29, 0.717) is 0 Å². The lowest BCUT2D eigenvalue weighted by molar-refractivity contribution is -0.268. The molecule has 4 rings (SSSR count). The van der Waals surface area contributed by atoms with E-state index in [1.54, 1.807) is 0 Å². The fourth-order valence-corrected chi connectivity index (χ4v) is 4.01. The lowest BCUT2D eigenvalue weighted by Crippen LogP contribution is -2.45. The van der Waals surface area contributed by atoms with Crippen LogP contribution in [0.2, 0.25) is 0 Å². The molecule has 0 aliphatic rings. The Balaban J connectivity index is 1.63. The fraction of sp³-hybridized carbons (Fsp3) is 0.250. The van der Waals surface area contributed by atoms with Gasteiger partial charge in [0.05, 0.1) is 22.5 Å². The predicted molar refractivity (Wildman–Crippen MR) is 124 cm³/mol. The summed E-state index contributed by atoms with van der Waals surface area (Å²) in [7, 11) is 0. The summed E-state index contributed by atoms with van der Waals surface area (Å²) < 4.78 is 83.0. The van der Waals surface area contributed by atoms with Crippen LogP contribution in [-0.2, 0) is 11.8 Å². The number of aliphatic hydroxyl groups is 1. The zero-order valence-electron chi connectivity index (χ0n) is 19.6. The molecule has 3 heterocycles. The second-order valence-corrected chi connectivity index (χ2v) is 8.43. The van der Waals surface area contributed by atoms with Gasteiger partial charge in [-0.1, -0.05) is 30.3 Å². The minimum Gasteiger partial charge on any atom is -0.382 e. The Morgan fingerprint density at radius 1 is 1.08 bits per heavy atom. The van der Waals surface area contributed by atoms with Crippen LogP contribution in [0.25, 0.3) is 16.8 Å². The van der Waals surface area contributed by atoms with Crippen LogP contribution < -0.4 is 11.1 Å². The van der Waals surface area contributed by atoms with E-state index in [4.69, 9.17) is 5.73 Å². The van der Waals surface area contributed by atoms with Crippen LogP contribution in [0.15, 0.2) is 55.0 Å². The average molecular weight is 538 g/mol. The Bertz CT molecular complexity index is 1490. The highest BCUT2D eigenvalue weighted by Crippen LogP contribution is 2.41. The minimum atomic E-state index is -5.02. The van der Waals surface area contributed by atoms with E-state index in [2.05, 4.69) is 20.4 Å². The van der Waals surface area contributed by atoms with E-state index >= 15 is 0 Å². The zero-order valence-corrected chi connectivity index (χ0v) is 19.6. The van der Waals surface area contributed by atoms with E-state index in [9.17, 15) is 36.2 Å². The highest BCUT2D eigenvalue weighted by Gasteiger charge is 2.54. The molecule has 14 heteroatoms. The average Bonchev–Trinajstić information content (AvgIpc) is 3.26. The van der Waals surface area contributed by atoms with Crippen molar-refractivity contribution in [2.24, 2.45) is 0 Å². The third kappa shape index (κ3) is 4.86. The topological polar surface area (TPSA) is 118 Å². The number of aryl methyl sites for hydroxylation is 1. The molecule has 1 unspecified atom stereocenters. The molecule has 0 aliphatic carbocycles. The Morgan fingerprint density at radius 3 is 2.39 bits per heavy atom. The van der Waals surface area contributed by atoms with Crippen molar-refractivity contribution in [3.05, 3.63) is 77.4 Å². The van der Waals surface area contributed by atoms with Crippen molar-refractivity contribution in [2.75, 3.05) is 12.3 Å². The van der Waals surface area contributed by atoms with Crippen molar-refractivity contribution in [3.8, 4) is 11.3 Å². The molecular formula is C24H20F6N6O2. The number of alkyl halides is 6. The first-order chi connectivity index (χ1) is 17.7. The quantitative estimate of drug-likeness (QED) is 0.316. The number of pyridine rings is 1. The number of nitrogens with zero attached hydrogens (tertiary/aromatic N) is 4. The molecule has 0 bridgehead atoms. The van der Waals surface area contributed by atoms with Gasteiger partial charge >= 0.3 is 12.4 Å². The second kappa shape index (κ2) is 9.59. The second-order valence-electron chi connectivity index (χ2n) is 8.43. The first-order valence-corrected chi connectivity index (χ1v) is 11.0. The minimum absolute atomic E-state index is 0.0698. The normalized spacial score (nSPS) is 13.9. The molecule has 0 radical (unpaired) electrons. The Morgan fingerprint density at radius 2 is 1.76 bits per heavy atom. The lowest BCUT2D eigenvalue weighted by atomic mass is 9.89. The number of hydrogen-bond donors (Lipinski definition) is 3. The molecule has 0 fully saturated rings. The third-order valence-corrected chi connectivity index (χ3v) is 6.01. The summed E-state index contributed by atoms with van der Waals surface area (Å²) in [4.78, 5) is 20.5. The maximum atomic E-state index is 13.7. The molecule has 3 aromatic heterocycles. The van der Waals surface area contributed by atoms with Crippen molar-refractivity contribution in [1.82, 2.24) is 24.9 Å². The molecule has 0 saturated carbocycles. The molecule has 1 atom stereocenters. The molecule has 8 nitrogen and oxygen atoms in total. The third-order valence-electron chi connectivity index (χ3n) is 6.01. The largest absolute Gasteiger partial charge is 0.421 e. The van der Waals surface area contributed by atoms with Gasteiger partial charge in [0.15, 0.2) is 11.4 Å². The summed E-state index contributed by atoms with van der Waals surface area (Å²) in [5, 5.41) is 16.6. The van der Waals surface area contributed by atoms with E-state index < -0.39 is 53.7 Å². The fourth-order valence-electron chi connectivity index (χ4n) is 4.01. The Hall–Kier alpha value is -4.20. The number of fused-ring (bicyclic) bond motifs is 1. The van der Waals surface area contributed by atoms with Gasteiger partial charge < -0.3 is 16.2 Å². The molecule has 1 amide bonds. The first-order valence-electron chi connectivity index (χ1n) is 11.0. The number of carbonyl (C=O) groups is 1. The van der Waals surface area contributed by atoms with Crippen molar-refractivity contribution < 1.29 is 36.2 Å². The maximum absolute atomic E-state index is 13.7. The molecule has 200 valence electrons. The number of halogens is 6. The number of rotatable bonds is 6. The highest BCUT2D eigenvalue weighted by molar-refractivity contribution is 5.96. The number of nitrogens with one attached hydrogen (secondary N) is 1. The molecule has 0 saturated heterocycles. The van der Waals surface area contributed by atoms with Crippen LogP contribution in [0.3, 0.4) is 0 Å². The van der Waals surface area contributed by atoms with Crippen LogP contribution in [0.1, 0.15) is 33.6 Å². The zero-order chi connectivity index (χ0) is 27.9. The summed E-state index contributed by atoms with van der Waals surface area (Å²) in [5.41, 5.74) is 0.552.